The van der Waals surface area contributed by atoms with Crippen LogP contribution in [-0.2, 0) is 27.8 Å². The predicted molar refractivity (Wildman–Crippen MR) is 187 cm³/mol. The van der Waals surface area contributed by atoms with Crippen molar-refractivity contribution < 1.29 is 28.3 Å². The van der Waals surface area contributed by atoms with Gasteiger partial charge in [-0.2, -0.15) is 4.31 Å². The Morgan fingerprint density at radius 2 is 1.69 bits per heavy atom. The van der Waals surface area contributed by atoms with Crippen LogP contribution in [0.4, 0.5) is 4.79 Å². The summed E-state index contributed by atoms with van der Waals surface area (Å²) in [7, 11) is -2.38. The number of benzene rings is 2. The maximum atomic E-state index is 14.0. The van der Waals surface area contributed by atoms with E-state index in [0.29, 0.717) is 18.5 Å². The lowest BCUT2D eigenvalue weighted by molar-refractivity contribution is -0.125. The summed E-state index contributed by atoms with van der Waals surface area (Å²) in [6.45, 7) is 4.12. The van der Waals surface area contributed by atoms with Crippen molar-refractivity contribution in [3.8, 4) is 0 Å². The topological polar surface area (TPSA) is 165 Å². The highest BCUT2D eigenvalue weighted by atomic mass is 32.2. The molecule has 1 saturated carbocycles. The van der Waals surface area contributed by atoms with E-state index in [-0.39, 0.29) is 36.2 Å². The molecule has 49 heavy (non-hydrogen) atoms. The van der Waals surface area contributed by atoms with Crippen molar-refractivity contribution in [3.05, 3.63) is 95.8 Å². The molecule has 4 atom stereocenters. The number of pyridine rings is 1. The molecule has 3 aromatic rings. The first-order valence-electron chi connectivity index (χ1n) is 16.7. The number of aromatic nitrogens is 1. The summed E-state index contributed by atoms with van der Waals surface area (Å²) in [5, 5.41) is 29.5. The minimum atomic E-state index is -4.03. The largest absolute Gasteiger partial charge is 0.411 e. The highest BCUT2D eigenvalue weighted by molar-refractivity contribution is 7.89. The van der Waals surface area contributed by atoms with Gasteiger partial charge in [0.1, 0.15) is 6.04 Å². The van der Waals surface area contributed by atoms with Crippen molar-refractivity contribution in [2.24, 2.45) is 17.0 Å². The van der Waals surface area contributed by atoms with Gasteiger partial charge < -0.3 is 25.8 Å². The second-order valence-corrected chi connectivity index (χ2v) is 14.8. The first-order chi connectivity index (χ1) is 23.5. The Hall–Kier alpha value is -4.33. The van der Waals surface area contributed by atoms with Crippen LogP contribution in [-0.4, -0.2) is 89.4 Å². The molecule has 4 rings (SSSR count). The van der Waals surface area contributed by atoms with Gasteiger partial charge >= 0.3 is 6.03 Å². The SMILES string of the molecule is CC[C@H](C)[C@@H](NC(=O)N(C)Cc1ccncc1)C(=O)N[C@@H](Cc1ccccc1)C(O)CN(CC1CCC1)S(=O)(=O)c1ccc(/C=N/O)cc1. The molecule has 1 aromatic heterocycles. The van der Waals surface area contributed by atoms with Crippen LogP contribution in [0, 0.1) is 11.8 Å². The number of nitrogens with zero attached hydrogens (tertiary/aromatic N) is 4. The number of carbonyl (C=O) groups excluding carboxylic acids is 2. The van der Waals surface area contributed by atoms with E-state index >= 15 is 0 Å². The normalized spacial score (nSPS) is 16.0. The molecule has 2 aromatic carbocycles. The van der Waals surface area contributed by atoms with Gasteiger partial charge in [0.25, 0.3) is 0 Å². The summed E-state index contributed by atoms with van der Waals surface area (Å²) in [6, 6.07) is 16.8. The average molecular weight is 693 g/mol. The Labute approximate surface area is 289 Å². The molecule has 1 heterocycles. The van der Waals surface area contributed by atoms with E-state index in [4.69, 9.17) is 5.21 Å². The highest BCUT2D eigenvalue weighted by Crippen LogP contribution is 2.30. The van der Waals surface area contributed by atoms with Crippen molar-refractivity contribution in [3.63, 3.8) is 0 Å². The Morgan fingerprint density at radius 3 is 2.29 bits per heavy atom. The molecule has 0 bridgehead atoms. The van der Waals surface area contributed by atoms with Crippen LogP contribution in [0.2, 0.25) is 0 Å². The van der Waals surface area contributed by atoms with E-state index < -0.39 is 40.1 Å². The van der Waals surface area contributed by atoms with Crippen LogP contribution in [0.25, 0.3) is 0 Å². The lowest BCUT2D eigenvalue weighted by Crippen LogP contribution is -2.58. The first-order valence-corrected chi connectivity index (χ1v) is 18.2. The van der Waals surface area contributed by atoms with Gasteiger partial charge in [-0.1, -0.05) is 74.3 Å². The summed E-state index contributed by atoms with van der Waals surface area (Å²) in [5.74, 6) is -0.532. The number of hydrogen-bond acceptors (Lipinski definition) is 8. The summed E-state index contributed by atoms with van der Waals surface area (Å²) in [5.41, 5.74) is 2.27. The number of hydrogen-bond donors (Lipinski definition) is 4. The van der Waals surface area contributed by atoms with Crippen molar-refractivity contribution in [1.82, 2.24) is 24.8 Å². The van der Waals surface area contributed by atoms with Gasteiger partial charge in [-0.05, 0) is 72.1 Å². The molecule has 0 spiro atoms. The van der Waals surface area contributed by atoms with Crippen LogP contribution in [0.5, 0.6) is 0 Å². The van der Waals surface area contributed by atoms with Crippen LogP contribution in [0.1, 0.15) is 56.2 Å². The fourth-order valence-corrected chi connectivity index (χ4v) is 7.25. The molecule has 0 aliphatic heterocycles. The lowest BCUT2D eigenvalue weighted by Gasteiger charge is -2.35. The number of aliphatic hydroxyl groups is 1. The maximum Gasteiger partial charge on any atom is 0.318 e. The van der Waals surface area contributed by atoms with Gasteiger partial charge in [-0.3, -0.25) is 9.78 Å². The smallest absolute Gasteiger partial charge is 0.318 e. The van der Waals surface area contributed by atoms with E-state index in [1.807, 2.05) is 56.3 Å². The predicted octanol–water partition coefficient (Wildman–Crippen LogP) is 4.03. The van der Waals surface area contributed by atoms with E-state index in [1.165, 1.54) is 27.6 Å². The number of nitrogens with one attached hydrogen (secondary N) is 2. The summed E-state index contributed by atoms with van der Waals surface area (Å²) in [4.78, 5) is 32.8. The summed E-state index contributed by atoms with van der Waals surface area (Å²) >= 11 is 0. The zero-order valence-corrected chi connectivity index (χ0v) is 29.2. The molecule has 3 amide bonds. The number of amides is 3. The number of urea groups is 1. The third-order valence-electron chi connectivity index (χ3n) is 9.18. The van der Waals surface area contributed by atoms with E-state index in [1.54, 1.807) is 31.6 Å². The molecular weight excluding hydrogens is 644 g/mol. The number of aliphatic hydroxyl groups excluding tert-OH is 1. The summed E-state index contributed by atoms with van der Waals surface area (Å²) in [6.07, 6.45) is 6.88. The van der Waals surface area contributed by atoms with E-state index in [9.17, 15) is 23.1 Å². The molecule has 1 unspecified atom stereocenters. The molecular formula is C36H48N6O6S. The Bertz CT molecular complexity index is 1620. The van der Waals surface area contributed by atoms with Crippen LogP contribution in [0.3, 0.4) is 0 Å². The number of rotatable bonds is 17. The van der Waals surface area contributed by atoms with Gasteiger partial charge in [0.05, 0.1) is 23.3 Å². The standard InChI is InChI=1S/C36H48N6O6S/c1-4-26(2)34(40-36(45)41(3)23-30-17-19-37-20-18-30)35(44)39-32(21-27-9-6-5-7-10-27)33(43)25-42(24-29-11-8-12-29)49(47,48)31-15-13-28(14-16-31)22-38-46/h5-7,9-10,13-20,22,26,29,32-34,43,46H,4,8,11-12,21,23-25H2,1-3H3,(H,39,44)(H,40,45)/b38-22+/t26-,32-,33?,34+/m0/s1. The number of oxime groups is 1. The molecule has 4 N–H and O–H groups in total. The van der Waals surface area contributed by atoms with Crippen molar-refractivity contribution in [1.29, 1.82) is 0 Å². The second-order valence-electron chi connectivity index (χ2n) is 12.8. The van der Waals surface area contributed by atoms with Gasteiger partial charge in [0.15, 0.2) is 0 Å². The third kappa shape index (κ3) is 10.6. The zero-order valence-electron chi connectivity index (χ0n) is 28.4. The quantitative estimate of drug-likeness (QED) is 0.0943. The average Bonchev–Trinajstić information content (AvgIpc) is 3.08. The fraction of sp³-hybridized carbons (Fsp3) is 0.444. The Morgan fingerprint density at radius 1 is 1.02 bits per heavy atom. The molecule has 1 aliphatic rings. The monoisotopic (exact) mass is 692 g/mol. The maximum absolute atomic E-state index is 14.0. The van der Waals surface area contributed by atoms with Crippen molar-refractivity contribution in [2.75, 3.05) is 20.1 Å². The molecule has 1 fully saturated rings. The molecule has 0 radical (unpaired) electrons. The zero-order chi connectivity index (χ0) is 35.4. The Balaban J connectivity index is 1.56. The highest BCUT2D eigenvalue weighted by Gasteiger charge is 2.35. The number of carbonyl (C=O) groups is 2. The molecule has 12 nitrogen and oxygen atoms in total. The lowest BCUT2D eigenvalue weighted by atomic mass is 9.85. The van der Waals surface area contributed by atoms with Crippen LogP contribution < -0.4 is 10.6 Å². The van der Waals surface area contributed by atoms with Crippen molar-refractivity contribution in [2.45, 2.75) is 75.6 Å². The van der Waals surface area contributed by atoms with Crippen LogP contribution >= 0.6 is 0 Å². The van der Waals surface area contributed by atoms with E-state index in [2.05, 4.69) is 20.8 Å². The van der Waals surface area contributed by atoms with Gasteiger partial charge in [-0.15, -0.1) is 0 Å². The van der Waals surface area contributed by atoms with Gasteiger partial charge in [0, 0.05) is 39.1 Å². The molecule has 0 saturated heterocycles. The van der Waals surface area contributed by atoms with Gasteiger partial charge in [-0.25, -0.2) is 13.2 Å². The first kappa shape index (κ1) is 37.5. The molecule has 1 aliphatic carbocycles. The Kier molecular flexibility index (Phi) is 13.7. The fourth-order valence-electron chi connectivity index (χ4n) is 5.71. The minimum absolute atomic E-state index is 0.0493. The molecule has 13 heteroatoms. The third-order valence-corrected chi connectivity index (χ3v) is 11.0. The minimum Gasteiger partial charge on any atom is -0.411 e. The second kappa shape index (κ2) is 17.9. The van der Waals surface area contributed by atoms with Crippen molar-refractivity contribution >= 4 is 28.2 Å². The van der Waals surface area contributed by atoms with Crippen LogP contribution in [0.15, 0.2) is 89.2 Å². The number of sulfonamides is 1. The molecule has 264 valence electrons. The van der Waals surface area contributed by atoms with Gasteiger partial charge in [0.2, 0.25) is 15.9 Å². The summed E-state index contributed by atoms with van der Waals surface area (Å²) < 4.78 is 29.2. The van der Waals surface area contributed by atoms with E-state index in [0.717, 1.165) is 30.4 Å².